The van der Waals surface area contributed by atoms with Gasteiger partial charge in [0.25, 0.3) is 0 Å². The first-order valence-corrected chi connectivity index (χ1v) is 7.13. The van der Waals surface area contributed by atoms with Gasteiger partial charge in [-0.2, -0.15) is 0 Å². The summed E-state index contributed by atoms with van der Waals surface area (Å²) in [6.07, 6.45) is 3.61. The Kier molecular flexibility index (Phi) is 3.40. The van der Waals surface area contributed by atoms with Gasteiger partial charge in [0.2, 0.25) is 5.65 Å². The lowest BCUT2D eigenvalue weighted by Gasteiger charge is -2.15. The molecular weight excluding hydrogens is 318 g/mol. The van der Waals surface area contributed by atoms with E-state index in [0.29, 0.717) is 0 Å². The minimum Gasteiger partial charge on any atom is -0.360 e. The quantitative estimate of drug-likeness (QED) is 0.799. The lowest BCUT2D eigenvalue weighted by Crippen LogP contribution is -2.09. The maximum atomic E-state index is 4.36. The molecule has 2 heterocycles. The van der Waals surface area contributed by atoms with Gasteiger partial charge in [-0.25, -0.2) is 4.98 Å². The average Bonchev–Trinajstić information content (AvgIpc) is 2.82. The van der Waals surface area contributed by atoms with Crippen molar-refractivity contribution in [3.63, 3.8) is 0 Å². The Morgan fingerprint density at radius 2 is 2.15 bits per heavy atom. The molecule has 3 rings (SSSR count). The number of nitrogens with zero attached hydrogens (tertiary/aromatic N) is 4. The van der Waals surface area contributed by atoms with E-state index in [2.05, 4.69) is 55.5 Å². The highest BCUT2D eigenvalue weighted by molar-refractivity contribution is 9.10. The number of halogens is 1. The van der Waals surface area contributed by atoms with Gasteiger partial charge in [-0.05, 0) is 31.5 Å². The fourth-order valence-electron chi connectivity index (χ4n) is 2.11. The summed E-state index contributed by atoms with van der Waals surface area (Å²) in [6.45, 7) is 4.01. The van der Waals surface area contributed by atoms with Crippen molar-refractivity contribution in [1.29, 1.82) is 0 Å². The van der Waals surface area contributed by atoms with Crippen LogP contribution in [0.3, 0.4) is 0 Å². The van der Waals surface area contributed by atoms with Crippen LogP contribution >= 0.6 is 15.9 Å². The minimum atomic E-state index is 0.128. The van der Waals surface area contributed by atoms with Gasteiger partial charge >= 0.3 is 0 Å². The Bertz CT molecular complexity index is 752. The molecule has 0 radical (unpaired) electrons. The number of benzene rings is 1. The summed E-state index contributed by atoms with van der Waals surface area (Å²) in [5.41, 5.74) is 1.92. The first kappa shape index (κ1) is 13.1. The van der Waals surface area contributed by atoms with E-state index < -0.39 is 0 Å². The van der Waals surface area contributed by atoms with Crippen LogP contribution in [0.4, 0.5) is 5.82 Å². The number of hydrogen-bond donors (Lipinski definition) is 1. The third-order valence-corrected chi connectivity index (χ3v) is 3.69. The molecule has 0 aliphatic rings. The van der Waals surface area contributed by atoms with Gasteiger partial charge in [-0.15, -0.1) is 10.2 Å². The van der Waals surface area contributed by atoms with E-state index in [1.165, 1.54) is 5.56 Å². The van der Waals surface area contributed by atoms with Crippen LogP contribution in [0.25, 0.3) is 5.65 Å². The largest absolute Gasteiger partial charge is 0.360 e. The number of hydrogen-bond acceptors (Lipinski definition) is 4. The van der Waals surface area contributed by atoms with Crippen LogP contribution in [0.5, 0.6) is 0 Å². The molecule has 0 bridgehead atoms. The van der Waals surface area contributed by atoms with Gasteiger partial charge in [0.15, 0.2) is 5.82 Å². The summed E-state index contributed by atoms with van der Waals surface area (Å²) in [6, 6.07) is 8.33. The molecule has 1 aromatic carbocycles. The van der Waals surface area contributed by atoms with Crippen LogP contribution in [-0.4, -0.2) is 19.6 Å². The van der Waals surface area contributed by atoms with Crippen molar-refractivity contribution >= 4 is 27.4 Å². The lowest BCUT2D eigenvalue weighted by molar-refractivity contribution is 0.871. The van der Waals surface area contributed by atoms with Gasteiger partial charge in [0.05, 0.1) is 6.04 Å². The van der Waals surface area contributed by atoms with Crippen molar-refractivity contribution < 1.29 is 0 Å². The third kappa shape index (κ3) is 2.38. The van der Waals surface area contributed by atoms with Gasteiger partial charge in [0.1, 0.15) is 5.82 Å². The summed E-state index contributed by atoms with van der Waals surface area (Å²) >= 11 is 3.49. The molecule has 0 saturated carbocycles. The molecular formula is C14H14BrN5. The van der Waals surface area contributed by atoms with E-state index in [0.717, 1.165) is 21.8 Å². The second-order valence-electron chi connectivity index (χ2n) is 4.64. The zero-order chi connectivity index (χ0) is 14.1. The zero-order valence-corrected chi connectivity index (χ0v) is 12.8. The number of aromatic nitrogens is 4. The van der Waals surface area contributed by atoms with Crippen LogP contribution in [-0.2, 0) is 0 Å². The summed E-state index contributed by atoms with van der Waals surface area (Å²) < 4.78 is 2.98. The van der Waals surface area contributed by atoms with E-state index in [-0.39, 0.29) is 6.04 Å². The van der Waals surface area contributed by atoms with E-state index in [1.807, 2.05) is 29.7 Å². The number of rotatable bonds is 3. The third-order valence-electron chi connectivity index (χ3n) is 3.20. The standard InChI is InChI=1S/C14H14BrN5/c1-9(11-4-3-5-12(15)8-11)17-13-14-19-18-10(2)20(14)7-6-16-13/h3-9H,1-2H3,(H,16,17). The van der Waals surface area contributed by atoms with Crippen LogP contribution in [0.15, 0.2) is 41.1 Å². The van der Waals surface area contributed by atoms with E-state index in [4.69, 9.17) is 0 Å². The second-order valence-corrected chi connectivity index (χ2v) is 5.55. The van der Waals surface area contributed by atoms with E-state index in [9.17, 15) is 0 Å². The van der Waals surface area contributed by atoms with Crippen molar-refractivity contribution in [2.75, 3.05) is 5.32 Å². The van der Waals surface area contributed by atoms with E-state index >= 15 is 0 Å². The Hall–Kier alpha value is -1.95. The first-order valence-electron chi connectivity index (χ1n) is 6.33. The van der Waals surface area contributed by atoms with Gasteiger partial charge in [0, 0.05) is 16.9 Å². The molecule has 102 valence electrons. The average molecular weight is 332 g/mol. The highest BCUT2D eigenvalue weighted by atomic mass is 79.9. The lowest BCUT2D eigenvalue weighted by atomic mass is 10.1. The van der Waals surface area contributed by atoms with E-state index in [1.54, 1.807) is 6.20 Å². The molecule has 3 aromatic rings. The van der Waals surface area contributed by atoms with Gasteiger partial charge < -0.3 is 5.32 Å². The molecule has 0 aliphatic heterocycles. The molecule has 6 heteroatoms. The van der Waals surface area contributed by atoms with Crippen LogP contribution < -0.4 is 5.32 Å². The predicted molar refractivity (Wildman–Crippen MR) is 81.7 cm³/mol. The topological polar surface area (TPSA) is 55.1 Å². The summed E-state index contributed by atoms with van der Waals surface area (Å²) in [5, 5.41) is 11.6. The Morgan fingerprint density at radius 3 is 2.95 bits per heavy atom. The minimum absolute atomic E-state index is 0.128. The highest BCUT2D eigenvalue weighted by Crippen LogP contribution is 2.22. The Morgan fingerprint density at radius 1 is 1.30 bits per heavy atom. The fourth-order valence-corrected chi connectivity index (χ4v) is 2.52. The van der Waals surface area contributed by atoms with Crippen LogP contribution in [0.1, 0.15) is 24.4 Å². The number of fused-ring (bicyclic) bond motifs is 1. The number of anilines is 1. The Labute approximate surface area is 125 Å². The van der Waals surface area contributed by atoms with Crippen LogP contribution in [0.2, 0.25) is 0 Å². The smallest absolute Gasteiger partial charge is 0.203 e. The summed E-state index contributed by atoms with van der Waals surface area (Å²) in [4.78, 5) is 4.36. The van der Waals surface area contributed by atoms with Crippen LogP contribution in [0, 0.1) is 6.92 Å². The normalized spacial score (nSPS) is 12.6. The van der Waals surface area contributed by atoms with Crippen molar-refractivity contribution in [3.05, 3.63) is 52.5 Å². The van der Waals surface area contributed by atoms with Crippen molar-refractivity contribution in [3.8, 4) is 0 Å². The van der Waals surface area contributed by atoms with Crippen molar-refractivity contribution in [2.45, 2.75) is 19.9 Å². The summed E-state index contributed by atoms with van der Waals surface area (Å²) in [5.74, 6) is 1.58. The molecule has 1 N–H and O–H groups in total. The second kappa shape index (κ2) is 5.20. The molecule has 1 unspecified atom stereocenters. The maximum absolute atomic E-state index is 4.36. The Balaban J connectivity index is 1.93. The molecule has 0 amide bonds. The van der Waals surface area contributed by atoms with Crippen molar-refractivity contribution in [2.24, 2.45) is 0 Å². The SMILES string of the molecule is Cc1nnc2c(NC(C)c3cccc(Br)c3)nccn12. The van der Waals surface area contributed by atoms with Gasteiger partial charge in [-0.3, -0.25) is 4.40 Å². The fraction of sp³-hybridized carbons (Fsp3) is 0.214. The molecule has 0 saturated heterocycles. The molecule has 0 spiro atoms. The highest BCUT2D eigenvalue weighted by Gasteiger charge is 2.11. The molecule has 20 heavy (non-hydrogen) atoms. The molecule has 1 atom stereocenters. The summed E-state index contributed by atoms with van der Waals surface area (Å²) in [7, 11) is 0. The zero-order valence-electron chi connectivity index (χ0n) is 11.2. The van der Waals surface area contributed by atoms with Gasteiger partial charge in [-0.1, -0.05) is 28.1 Å². The molecule has 5 nitrogen and oxygen atoms in total. The predicted octanol–water partition coefficient (Wildman–Crippen LogP) is 3.37. The monoisotopic (exact) mass is 331 g/mol. The maximum Gasteiger partial charge on any atom is 0.203 e. The number of aryl methyl sites for hydroxylation is 1. The molecule has 0 aliphatic carbocycles. The first-order chi connectivity index (χ1) is 9.65. The van der Waals surface area contributed by atoms with Crippen molar-refractivity contribution in [1.82, 2.24) is 19.6 Å². The molecule has 0 fully saturated rings. The number of nitrogens with one attached hydrogen (secondary N) is 1. The molecule has 2 aromatic heterocycles.